The number of anilines is 1. The number of nitrogens with one attached hydrogen (secondary N) is 1. The van der Waals surface area contributed by atoms with Gasteiger partial charge in [-0.15, -0.1) is 23.2 Å². The summed E-state index contributed by atoms with van der Waals surface area (Å²) in [4.78, 5) is 11.8. The fraction of sp³-hybridized carbons (Fsp3) is 0.500. The molecule has 1 atom stereocenters. The van der Waals surface area contributed by atoms with Crippen LogP contribution in [0, 0.1) is 19.8 Å². The standard InChI is InChI=1S/C14H17Cl2NOS/c1-9-3-4-12(10(2)5-9)17-13(18)8-19-7-11-6-14(11,15)16/h3-5,11H,6-8H2,1-2H3,(H,17,18). The number of halogens is 2. The molecule has 1 amide bonds. The van der Waals surface area contributed by atoms with Crippen molar-refractivity contribution < 1.29 is 4.79 Å². The molecule has 0 heterocycles. The average Bonchev–Trinajstić information content (AvgIpc) is 2.90. The smallest absolute Gasteiger partial charge is 0.234 e. The van der Waals surface area contributed by atoms with Gasteiger partial charge in [-0.05, 0) is 37.7 Å². The minimum absolute atomic E-state index is 0.0207. The highest BCUT2D eigenvalue weighted by atomic mass is 35.5. The Morgan fingerprint density at radius 3 is 2.74 bits per heavy atom. The van der Waals surface area contributed by atoms with Gasteiger partial charge in [0, 0.05) is 11.6 Å². The van der Waals surface area contributed by atoms with E-state index in [2.05, 4.69) is 11.4 Å². The van der Waals surface area contributed by atoms with Crippen LogP contribution in [-0.2, 0) is 4.79 Å². The summed E-state index contributed by atoms with van der Waals surface area (Å²) in [6, 6.07) is 5.99. The molecule has 1 aromatic carbocycles. The zero-order valence-corrected chi connectivity index (χ0v) is 13.3. The lowest BCUT2D eigenvalue weighted by atomic mass is 10.1. The second-order valence-corrected chi connectivity index (χ2v) is 7.62. The molecule has 0 aliphatic heterocycles. The molecule has 1 aromatic rings. The Balaban J connectivity index is 1.75. The molecule has 1 N–H and O–H groups in total. The van der Waals surface area contributed by atoms with Gasteiger partial charge < -0.3 is 5.32 Å². The summed E-state index contributed by atoms with van der Waals surface area (Å²) in [6.07, 6.45) is 0.835. The van der Waals surface area contributed by atoms with E-state index < -0.39 is 4.33 Å². The van der Waals surface area contributed by atoms with Crippen LogP contribution in [0.15, 0.2) is 18.2 Å². The number of carbonyl (C=O) groups is 1. The van der Waals surface area contributed by atoms with E-state index in [4.69, 9.17) is 23.2 Å². The van der Waals surface area contributed by atoms with Crippen LogP contribution in [0.25, 0.3) is 0 Å². The third-order valence-corrected chi connectivity index (χ3v) is 5.19. The third-order valence-electron chi connectivity index (χ3n) is 3.16. The number of thioether (sulfide) groups is 1. The summed E-state index contributed by atoms with van der Waals surface area (Å²) in [5.74, 6) is 1.63. The summed E-state index contributed by atoms with van der Waals surface area (Å²) in [6.45, 7) is 4.03. The second kappa shape index (κ2) is 5.94. The zero-order valence-electron chi connectivity index (χ0n) is 11.0. The summed E-state index contributed by atoms with van der Waals surface area (Å²) in [5.41, 5.74) is 3.16. The number of alkyl halides is 2. The number of rotatable bonds is 5. The molecule has 0 aromatic heterocycles. The Hall–Kier alpha value is -0.380. The molecule has 1 unspecified atom stereocenters. The molecule has 1 saturated carbocycles. The fourth-order valence-electron chi connectivity index (χ4n) is 1.88. The molecule has 19 heavy (non-hydrogen) atoms. The van der Waals surface area contributed by atoms with Gasteiger partial charge in [0.25, 0.3) is 0 Å². The maximum Gasteiger partial charge on any atom is 0.234 e. The van der Waals surface area contributed by atoms with Gasteiger partial charge in [0.15, 0.2) is 0 Å². The largest absolute Gasteiger partial charge is 0.325 e. The van der Waals surface area contributed by atoms with Crippen molar-refractivity contribution in [3.63, 3.8) is 0 Å². The van der Waals surface area contributed by atoms with Gasteiger partial charge in [0.1, 0.15) is 4.33 Å². The Morgan fingerprint density at radius 1 is 1.47 bits per heavy atom. The van der Waals surface area contributed by atoms with Crippen molar-refractivity contribution in [2.45, 2.75) is 24.6 Å². The minimum Gasteiger partial charge on any atom is -0.325 e. The van der Waals surface area contributed by atoms with Gasteiger partial charge >= 0.3 is 0 Å². The monoisotopic (exact) mass is 317 g/mol. The molecular weight excluding hydrogens is 301 g/mol. The number of carbonyl (C=O) groups excluding carboxylic acids is 1. The van der Waals surface area contributed by atoms with Gasteiger partial charge in [-0.2, -0.15) is 11.8 Å². The van der Waals surface area contributed by atoms with Crippen molar-refractivity contribution in [1.82, 2.24) is 0 Å². The maximum absolute atomic E-state index is 11.8. The van der Waals surface area contributed by atoms with Crippen molar-refractivity contribution >= 4 is 46.6 Å². The molecule has 2 nitrogen and oxygen atoms in total. The van der Waals surface area contributed by atoms with E-state index in [0.717, 1.165) is 23.4 Å². The van der Waals surface area contributed by atoms with Crippen LogP contribution < -0.4 is 5.32 Å². The number of hydrogen-bond acceptors (Lipinski definition) is 2. The Kier molecular flexibility index (Phi) is 4.70. The molecule has 2 rings (SSSR count). The van der Waals surface area contributed by atoms with E-state index in [1.54, 1.807) is 11.8 Å². The van der Waals surface area contributed by atoms with Crippen LogP contribution in [0.3, 0.4) is 0 Å². The predicted octanol–water partition coefficient (Wildman–Crippen LogP) is 4.17. The first kappa shape index (κ1) is 15.0. The van der Waals surface area contributed by atoms with Crippen molar-refractivity contribution in [3.05, 3.63) is 29.3 Å². The van der Waals surface area contributed by atoms with Gasteiger partial charge in [-0.25, -0.2) is 0 Å². The molecule has 1 aliphatic carbocycles. The summed E-state index contributed by atoms with van der Waals surface area (Å²) >= 11 is 13.5. The van der Waals surface area contributed by atoms with Crippen LogP contribution >= 0.6 is 35.0 Å². The van der Waals surface area contributed by atoms with E-state index in [-0.39, 0.29) is 5.91 Å². The Morgan fingerprint density at radius 2 is 2.16 bits per heavy atom. The van der Waals surface area contributed by atoms with Crippen molar-refractivity contribution in [2.75, 3.05) is 16.8 Å². The Labute approximate surface area is 128 Å². The van der Waals surface area contributed by atoms with Crippen LogP contribution in [0.4, 0.5) is 5.69 Å². The second-order valence-electron chi connectivity index (χ2n) is 5.04. The van der Waals surface area contributed by atoms with Gasteiger partial charge in [0.05, 0.1) is 5.75 Å². The lowest BCUT2D eigenvalue weighted by Gasteiger charge is -2.09. The zero-order chi connectivity index (χ0) is 14.0. The van der Waals surface area contributed by atoms with Crippen LogP contribution in [0.1, 0.15) is 17.5 Å². The fourth-order valence-corrected chi connectivity index (χ4v) is 3.66. The molecule has 0 spiro atoms. The maximum atomic E-state index is 11.8. The molecule has 0 radical (unpaired) electrons. The number of aryl methyl sites for hydroxylation is 2. The van der Waals surface area contributed by atoms with Crippen molar-refractivity contribution in [2.24, 2.45) is 5.92 Å². The van der Waals surface area contributed by atoms with E-state index in [1.165, 1.54) is 5.56 Å². The molecule has 1 aliphatic rings. The lowest BCUT2D eigenvalue weighted by Crippen LogP contribution is -2.15. The molecule has 5 heteroatoms. The first-order valence-corrected chi connectivity index (χ1v) is 8.12. The van der Waals surface area contributed by atoms with Gasteiger partial charge in [-0.3, -0.25) is 4.79 Å². The quantitative estimate of drug-likeness (QED) is 0.826. The third kappa shape index (κ3) is 4.30. The average molecular weight is 318 g/mol. The normalized spacial score (nSPS) is 20.1. The van der Waals surface area contributed by atoms with E-state index in [0.29, 0.717) is 11.7 Å². The molecule has 1 fully saturated rings. The highest BCUT2D eigenvalue weighted by Crippen LogP contribution is 2.54. The lowest BCUT2D eigenvalue weighted by molar-refractivity contribution is -0.113. The molecule has 104 valence electrons. The SMILES string of the molecule is Cc1ccc(NC(=O)CSCC2CC2(Cl)Cl)c(C)c1. The highest BCUT2D eigenvalue weighted by molar-refractivity contribution is 8.00. The van der Waals surface area contributed by atoms with Gasteiger partial charge in [0.2, 0.25) is 5.91 Å². The number of benzene rings is 1. The van der Waals surface area contributed by atoms with Crippen molar-refractivity contribution in [1.29, 1.82) is 0 Å². The minimum atomic E-state index is -0.545. The number of amides is 1. The van der Waals surface area contributed by atoms with E-state index in [9.17, 15) is 4.79 Å². The van der Waals surface area contributed by atoms with Crippen LogP contribution in [0.5, 0.6) is 0 Å². The predicted molar refractivity (Wildman–Crippen MR) is 84.4 cm³/mol. The highest BCUT2D eigenvalue weighted by Gasteiger charge is 2.51. The molecule has 0 saturated heterocycles. The number of hydrogen-bond donors (Lipinski definition) is 1. The van der Waals surface area contributed by atoms with Crippen LogP contribution in [0.2, 0.25) is 0 Å². The Bertz CT molecular complexity index is 490. The van der Waals surface area contributed by atoms with E-state index in [1.807, 2.05) is 26.0 Å². The first-order valence-electron chi connectivity index (χ1n) is 6.21. The topological polar surface area (TPSA) is 29.1 Å². The first-order chi connectivity index (χ1) is 8.88. The summed E-state index contributed by atoms with van der Waals surface area (Å²) in [7, 11) is 0. The van der Waals surface area contributed by atoms with Crippen LogP contribution in [-0.4, -0.2) is 21.7 Å². The summed E-state index contributed by atoms with van der Waals surface area (Å²) < 4.78 is -0.545. The molecule has 0 bridgehead atoms. The molecular formula is C14H17Cl2NOS. The summed E-state index contributed by atoms with van der Waals surface area (Å²) in [5, 5.41) is 2.93. The van der Waals surface area contributed by atoms with Gasteiger partial charge in [-0.1, -0.05) is 17.7 Å². The van der Waals surface area contributed by atoms with Crippen molar-refractivity contribution in [3.8, 4) is 0 Å². The van der Waals surface area contributed by atoms with E-state index >= 15 is 0 Å².